The molecular formula is C20H18ClNO3S. The number of carboxylic acid groups (broad SMARTS) is 1. The van der Waals surface area contributed by atoms with Crippen molar-refractivity contribution in [1.29, 1.82) is 0 Å². The van der Waals surface area contributed by atoms with E-state index in [-0.39, 0.29) is 12.3 Å². The first-order valence-corrected chi connectivity index (χ1v) is 9.42. The second kappa shape index (κ2) is 8.34. The minimum Gasteiger partial charge on any atom is -0.486 e. The van der Waals surface area contributed by atoms with Crippen molar-refractivity contribution in [3.8, 4) is 17.0 Å². The summed E-state index contributed by atoms with van der Waals surface area (Å²) in [5, 5.41) is 12.4. The summed E-state index contributed by atoms with van der Waals surface area (Å²) in [7, 11) is 0. The van der Waals surface area contributed by atoms with Gasteiger partial charge in [0.1, 0.15) is 17.4 Å². The van der Waals surface area contributed by atoms with Crippen LogP contribution in [0, 0.1) is 0 Å². The number of benzene rings is 2. The van der Waals surface area contributed by atoms with Gasteiger partial charge in [-0.25, -0.2) is 4.98 Å². The monoisotopic (exact) mass is 387 g/mol. The molecule has 0 amide bonds. The van der Waals surface area contributed by atoms with Crippen molar-refractivity contribution in [2.75, 3.05) is 0 Å². The summed E-state index contributed by atoms with van der Waals surface area (Å²) in [4.78, 5) is 15.4. The van der Waals surface area contributed by atoms with E-state index >= 15 is 0 Å². The normalized spacial score (nSPS) is 11.9. The number of nitrogens with zero attached hydrogens (tertiary/aromatic N) is 1. The van der Waals surface area contributed by atoms with Crippen molar-refractivity contribution < 1.29 is 14.6 Å². The second-order valence-electron chi connectivity index (χ2n) is 5.96. The van der Waals surface area contributed by atoms with Crippen LogP contribution in [0.2, 0.25) is 5.02 Å². The van der Waals surface area contributed by atoms with Gasteiger partial charge in [0.2, 0.25) is 0 Å². The minimum atomic E-state index is -0.795. The number of aliphatic carboxylic acids is 1. The number of thiazole rings is 1. The molecule has 3 aromatic rings. The Bertz CT molecular complexity index is 892. The molecule has 2 aromatic carbocycles. The molecular weight excluding hydrogens is 370 g/mol. The van der Waals surface area contributed by atoms with Crippen LogP contribution in [0.4, 0.5) is 0 Å². The third kappa shape index (κ3) is 4.62. The number of aromatic nitrogens is 1. The quantitative estimate of drug-likeness (QED) is 0.571. The molecule has 3 rings (SSSR count). The van der Waals surface area contributed by atoms with Gasteiger partial charge in [0.25, 0.3) is 0 Å². The lowest BCUT2D eigenvalue weighted by atomic mass is 9.98. The third-order valence-corrected chi connectivity index (χ3v) is 5.15. The third-order valence-electron chi connectivity index (χ3n) is 3.99. The standard InChI is InChI=1S/C20H18ClNO3S/c1-13(10-20(23)24)14-6-8-15(9-7-14)25-11-19-22-18(12-26-19)16-4-2-3-5-17(16)21/h2-9,12-13H,10-11H2,1H3,(H,23,24). The van der Waals surface area contributed by atoms with E-state index in [4.69, 9.17) is 21.4 Å². The Kier molecular flexibility index (Phi) is 5.91. The van der Waals surface area contributed by atoms with Crippen LogP contribution < -0.4 is 4.74 Å². The highest BCUT2D eigenvalue weighted by Crippen LogP contribution is 2.29. The van der Waals surface area contributed by atoms with E-state index in [9.17, 15) is 4.79 Å². The summed E-state index contributed by atoms with van der Waals surface area (Å²) in [6.07, 6.45) is 0.115. The summed E-state index contributed by atoms with van der Waals surface area (Å²) in [5.74, 6) is -0.0969. The number of ether oxygens (including phenoxy) is 1. The van der Waals surface area contributed by atoms with Crippen LogP contribution in [-0.4, -0.2) is 16.1 Å². The van der Waals surface area contributed by atoms with Crippen molar-refractivity contribution in [1.82, 2.24) is 4.98 Å². The zero-order valence-corrected chi connectivity index (χ0v) is 15.8. The van der Waals surface area contributed by atoms with Gasteiger partial charge in [-0.3, -0.25) is 4.79 Å². The largest absolute Gasteiger partial charge is 0.486 e. The van der Waals surface area contributed by atoms with E-state index in [2.05, 4.69) is 4.98 Å². The Morgan fingerprint density at radius 3 is 2.65 bits per heavy atom. The molecule has 0 saturated heterocycles. The molecule has 1 unspecified atom stereocenters. The van der Waals surface area contributed by atoms with Crippen LogP contribution in [0.1, 0.15) is 29.8 Å². The topological polar surface area (TPSA) is 59.4 Å². The number of halogens is 1. The SMILES string of the molecule is CC(CC(=O)O)c1ccc(OCc2nc(-c3ccccc3Cl)cs2)cc1. The van der Waals surface area contributed by atoms with Crippen LogP contribution in [0.5, 0.6) is 5.75 Å². The first-order chi connectivity index (χ1) is 12.5. The predicted octanol–water partition coefficient (Wildman–Crippen LogP) is 5.62. The number of rotatable bonds is 7. The molecule has 0 radical (unpaired) electrons. The fourth-order valence-electron chi connectivity index (χ4n) is 2.59. The van der Waals surface area contributed by atoms with Gasteiger partial charge in [0.15, 0.2) is 0 Å². The highest BCUT2D eigenvalue weighted by atomic mass is 35.5. The van der Waals surface area contributed by atoms with Gasteiger partial charge in [0.05, 0.1) is 12.1 Å². The van der Waals surface area contributed by atoms with E-state index in [1.54, 1.807) is 0 Å². The Labute approximate surface area is 161 Å². The van der Waals surface area contributed by atoms with Gasteiger partial charge in [-0.2, -0.15) is 0 Å². The smallest absolute Gasteiger partial charge is 0.303 e. The van der Waals surface area contributed by atoms with Crippen molar-refractivity contribution in [3.05, 3.63) is 69.5 Å². The summed E-state index contributed by atoms with van der Waals surface area (Å²) in [5.41, 5.74) is 2.74. The van der Waals surface area contributed by atoms with Crippen molar-refractivity contribution in [3.63, 3.8) is 0 Å². The average molecular weight is 388 g/mol. The maximum Gasteiger partial charge on any atom is 0.303 e. The molecule has 0 fully saturated rings. The lowest BCUT2D eigenvalue weighted by Crippen LogP contribution is -2.02. The molecule has 0 aliphatic heterocycles. The van der Waals surface area contributed by atoms with Gasteiger partial charge in [0, 0.05) is 16.0 Å². The van der Waals surface area contributed by atoms with Gasteiger partial charge >= 0.3 is 5.97 Å². The summed E-state index contributed by atoms with van der Waals surface area (Å²) >= 11 is 7.74. The lowest BCUT2D eigenvalue weighted by molar-refractivity contribution is -0.137. The first kappa shape index (κ1) is 18.4. The molecule has 1 heterocycles. The molecule has 6 heteroatoms. The number of carbonyl (C=O) groups is 1. The summed E-state index contributed by atoms with van der Waals surface area (Å²) in [6.45, 7) is 2.27. The van der Waals surface area contributed by atoms with E-state index in [1.165, 1.54) is 11.3 Å². The molecule has 0 bridgehead atoms. The van der Waals surface area contributed by atoms with Crippen LogP contribution in [0.3, 0.4) is 0 Å². The summed E-state index contributed by atoms with van der Waals surface area (Å²) < 4.78 is 5.79. The fraction of sp³-hybridized carbons (Fsp3) is 0.200. The Morgan fingerprint density at radius 2 is 1.96 bits per heavy atom. The molecule has 26 heavy (non-hydrogen) atoms. The Hall–Kier alpha value is -2.37. The number of carboxylic acids is 1. The molecule has 0 saturated carbocycles. The van der Waals surface area contributed by atoms with Crippen molar-refractivity contribution >= 4 is 28.9 Å². The van der Waals surface area contributed by atoms with E-state index in [1.807, 2.05) is 60.8 Å². The highest BCUT2D eigenvalue weighted by Gasteiger charge is 2.11. The molecule has 0 spiro atoms. The highest BCUT2D eigenvalue weighted by molar-refractivity contribution is 7.09. The van der Waals surface area contributed by atoms with Gasteiger partial charge in [-0.1, -0.05) is 48.9 Å². The molecule has 0 aliphatic rings. The fourth-order valence-corrected chi connectivity index (χ4v) is 3.53. The van der Waals surface area contributed by atoms with Crippen LogP contribution in [0.25, 0.3) is 11.3 Å². The molecule has 134 valence electrons. The second-order valence-corrected chi connectivity index (χ2v) is 7.31. The molecule has 1 aromatic heterocycles. The van der Waals surface area contributed by atoms with Gasteiger partial charge < -0.3 is 9.84 Å². The van der Waals surface area contributed by atoms with E-state index in [0.29, 0.717) is 11.6 Å². The molecule has 4 nitrogen and oxygen atoms in total. The van der Waals surface area contributed by atoms with Crippen LogP contribution in [0.15, 0.2) is 53.9 Å². The zero-order chi connectivity index (χ0) is 18.5. The van der Waals surface area contributed by atoms with Gasteiger partial charge in [-0.15, -0.1) is 11.3 Å². The van der Waals surface area contributed by atoms with Crippen LogP contribution >= 0.6 is 22.9 Å². The maximum absolute atomic E-state index is 10.8. The molecule has 1 N–H and O–H groups in total. The first-order valence-electron chi connectivity index (χ1n) is 8.17. The zero-order valence-electron chi connectivity index (χ0n) is 14.2. The van der Waals surface area contributed by atoms with Gasteiger partial charge in [-0.05, 0) is 29.7 Å². The van der Waals surface area contributed by atoms with Crippen molar-refractivity contribution in [2.45, 2.75) is 25.9 Å². The van der Waals surface area contributed by atoms with Crippen LogP contribution in [-0.2, 0) is 11.4 Å². The van der Waals surface area contributed by atoms with E-state index < -0.39 is 5.97 Å². The predicted molar refractivity (Wildman–Crippen MR) is 104 cm³/mol. The Balaban J connectivity index is 1.61. The molecule has 0 aliphatic carbocycles. The minimum absolute atomic E-state index is 0.0290. The Morgan fingerprint density at radius 1 is 1.23 bits per heavy atom. The average Bonchev–Trinajstić information content (AvgIpc) is 3.09. The lowest BCUT2D eigenvalue weighted by Gasteiger charge is -2.10. The number of hydrogen-bond donors (Lipinski definition) is 1. The molecule has 1 atom stereocenters. The van der Waals surface area contributed by atoms with E-state index in [0.717, 1.165) is 27.6 Å². The van der Waals surface area contributed by atoms with Crippen molar-refractivity contribution in [2.24, 2.45) is 0 Å². The number of hydrogen-bond acceptors (Lipinski definition) is 4. The summed E-state index contributed by atoms with van der Waals surface area (Å²) in [6, 6.07) is 15.1. The maximum atomic E-state index is 10.8.